The maximum atomic E-state index is 4.60. The largest absolute Gasteiger partial charge is 0.313 e. The number of nitrogens with zero attached hydrogens (tertiary/aromatic N) is 1. The summed E-state index contributed by atoms with van der Waals surface area (Å²) < 4.78 is 0. The predicted octanol–water partition coefficient (Wildman–Crippen LogP) is 4.08. The van der Waals surface area contributed by atoms with Gasteiger partial charge in [0.15, 0.2) is 0 Å². The van der Waals surface area contributed by atoms with Crippen LogP contribution in [0.25, 0.3) is 10.9 Å². The first-order valence-electron chi connectivity index (χ1n) is 7.40. The summed E-state index contributed by atoms with van der Waals surface area (Å²) in [7, 11) is 2.08. The van der Waals surface area contributed by atoms with Crippen LogP contribution in [-0.4, -0.2) is 12.0 Å². The van der Waals surface area contributed by atoms with Crippen molar-refractivity contribution in [2.75, 3.05) is 7.05 Å². The maximum Gasteiger partial charge on any atom is 0.0702 e. The number of rotatable bonds is 3. The monoisotopic (exact) mass is 254 g/mol. The predicted molar refractivity (Wildman–Crippen MR) is 80.1 cm³/mol. The van der Waals surface area contributed by atoms with Crippen LogP contribution in [0.3, 0.4) is 0 Å². The van der Waals surface area contributed by atoms with Crippen LogP contribution in [-0.2, 0) is 0 Å². The molecule has 1 fully saturated rings. The number of hydrogen-bond acceptors (Lipinski definition) is 2. The van der Waals surface area contributed by atoms with Crippen LogP contribution in [0.5, 0.6) is 0 Å². The molecular weight excluding hydrogens is 232 g/mol. The van der Waals surface area contributed by atoms with Crippen LogP contribution in [0.15, 0.2) is 36.5 Å². The van der Waals surface area contributed by atoms with Crippen LogP contribution >= 0.6 is 0 Å². The van der Waals surface area contributed by atoms with E-state index in [0.717, 1.165) is 11.4 Å². The molecule has 1 aromatic carbocycles. The van der Waals surface area contributed by atoms with Gasteiger partial charge in [0.2, 0.25) is 0 Å². The van der Waals surface area contributed by atoms with E-state index in [2.05, 4.69) is 47.8 Å². The number of hydrogen-bond donors (Lipinski definition) is 1. The molecular formula is C17H22N2. The molecule has 1 aliphatic carbocycles. The first-order valence-corrected chi connectivity index (χ1v) is 7.40. The van der Waals surface area contributed by atoms with Crippen molar-refractivity contribution in [3.8, 4) is 0 Å². The van der Waals surface area contributed by atoms with Gasteiger partial charge in [-0.1, -0.05) is 37.5 Å². The lowest BCUT2D eigenvalue weighted by Gasteiger charge is -2.30. The fraction of sp³-hybridized carbons (Fsp3) is 0.471. The number of para-hydroxylation sites is 1. The molecule has 2 aromatic rings. The van der Waals surface area contributed by atoms with Crippen molar-refractivity contribution in [2.45, 2.75) is 38.1 Å². The van der Waals surface area contributed by atoms with Crippen molar-refractivity contribution >= 4 is 10.9 Å². The van der Waals surface area contributed by atoms with E-state index < -0.39 is 0 Å². The van der Waals surface area contributed by atoms with Gasteiger partial charge in [0, 0.05) is 17.6 Å². The number of nitrogens with one attached hydrogen (secondary N) is 1. The van der Waals surface area contributed by atoms with Gasteiger partial charge in [-0.3, -0.25) is 4.98 Å². The van der Waals surface area contributed by atoms with Gasteiger partial charge in [-0.05, 0) is 43.5 Å². The molecule has 100 valence electrons. The quantitative estimate of drug-likeness (QED) is 0.893. The summed E-state index contributed by atoms with van der Waals surface area (Å²) in [5, 5.41) is 4.76. The molecule has 0 saturated heterocycles. The highest BCUT2D eigenvalue weighted by molar-refractivity contribution is 5.78. The van der Waals surface area contributed by atoms with Crippen LogP contribution in [0.1, 0.15) is 43.7 Å². The molecule has 1 N–H and O–H groups in total. The van der Waals surface area contributed by atoms with Gasteiger partial charge >= 0.3 is 0 Å². The van der Waals surface area contributed by atoms with Crippen LogP contribution in [0.4, 0.5) is 0 Å². The summed E-state index contributed by atoms with van der Waals surface area (Å²) in [6.45, 7) is 0. The van der Waals surface area contributed by atoms with E-state index in [0.29, 0.717) is 6.04 Å². The minimum Gasteiger partial charge on any atom is -0.313 e. The SMILES string of the molecule is CNC(c1cnc2ccccc2c1)C1CCCCC1. The van der Waals surface area contributed by atoms with Crippen molar-refractivity contribution in [2.24, 2.45) is 5.92 Å². The summed E-state index contributed by atoms with van der Waals surface area (Å²) in [6.07, 6.45) is 8.91. The second kappa shape index (κ2) is 5.70. The Balaban J connectivity index is 1.91. The second-order valence-electron chi connectivity index (χ2n) is 5.63. The van der Waals surface area contributed by atoms with Gasteiger partial charge in [0.25, 0.3) is 0 Å². The van der Waals surface area contributed by atoms with E-state index in [-0.39, 0.29) is 0 Å². The van der Waals surface area contributed by atoms with Crippen LogP contribution in [0, 0.1) is 5.92 Å². The molecule has 1 aliphatic rings. The first-order chi connectivity index (χ1) is 9.38. The summed E-state index contributed by atoms with van der Waals surface area (Å²) in [5.74, 6) is 0.765. The Morgan fingerprint density at radius 2 is 1.95 bits per heavy atom. The standard InChI is InChI=1S/C17H22N2/c1-18-17(13-7-3-2-4-8-13)15-11-14-9-5-6-10-16(14)19-12-15/h5-6,9-13,17-18H,2-4,7-8H2,1H3. The minimum absolute atomic E-state index is 0.456. The molecule has 0 aliphatic heterocycles. The Morgan fingerprint density at radius 1 is 1.16 bits per heavy atom. The van der Waals surface area contributed by atoms with Crippen molar-refractivity contribution in [3.63, 3.8) is 0 Å². The van der Waals surface area contributed by atoms with Gasteiger partial charge in [0.1, 0.15) is 0 Å². The molecule has 1 unspecified atom stereocenters. The molecule has 2 nitrogen and oxygen atoms in total. The molecule has 2 heteroatoms. The molecule has 0 radical (unpaired) electrons. The molecule has 0 spiro atoms. The molecule has 1 heterocycles. The average molecular weight is 254 g/mol. The van der Waals surface area contributed by atoms with Crippen LogP contribution in [0.2, 0.25) is 0 Å². The van der Waals surface area contributed by atoms with E-state index in [1.54, 1.807) is 0 Å². The van der Waals surface area contributed by atoms with E-state index in [1.165, 1.54) is 43.1 Å². The number of benzene rings is 1. The third-order valence-corrected chi connectivity index (χ3v) is 4.40. The molecule has 1 atom stereocenters. The molecule has 0 bridgehead atoms. The zero-order valence-electron chi connectivity index (χ0n) is 11.6. The summed E-state index contributed by atoms with van der Waals surface area (Å²) in [4.78, 5) is 4.60. The van der Waals surface area contributed by atoms with Crippen molar-refractivity contribution in [1.82, 2.24) is 10.3 Å². The lowest BCUT2D eigenvalue weighted by molar-refractivity contribution is 0.281. The fourth-order valence-electron chi connectivity index (χ4n) is 3.40. The Morgan fingerprint density at radius 3 is 2.74 bits per heavy atom. The van der Waals surface area contributed by atoms with E-state index >= 15 is 0 Å². The van der Waals surface area contributed by atoms with Gasteiger partial charge in [-0.15, -0.1) is 0 Å². The van der Waals surface area contributed by atoms with Gasteiger partial charge < -0.3 is 5.32 Å². The van der Waals surface area contributed by atoms with Crippen LogP contribution < -0.4 is 5.32 Å². The van der Waals surface area contributed by atoms with Gasteiger partial charge in [0.05, 0.1) is 5.52 Å². The molecule has 1 aromatic heterocycles. The highest BCUT2D eigenvalue weighted by Gasteiger charge is 2.24. The van der Waals surface area contributed by atoms with Crippen molar-refractivity contribution in [3.05, 3.63) is 42.1 Å². The smallest absolute Gasteiger partial charge is 0.0702 e. The first kappa shape index (κ1) is 12.6. The minimum atomic E-state index is 0.456. The molecule has 19 heavy (non-hydrogen) atoms. The normalized spacial score (nSPS) is 18.6. The second-order valence-corrected chi connectivity index (χ2v) is 5.63. The zero-order valence-corrected chi connectivity index (χ0v) is 11.6. The number of aromatic nitrogens is 1. The van der Waals surface area contributed by atoms with Crippen molar-refractivity contribution < 1.29 is 0 Å². The van der Waals surface area contributed by atoms with Crippen molar-refractivity contribution in [1.29, 1.82) is 0 Å². The van der Waals surface area contributed by atoms with Gasteiger partial charge in [-0.25, -0.2) is 0 Å². The highest BCUT2D eigenvalue weighted by Crippen LogP contribution is 2.34. The van der Waals surface area contributed by atoms with E-state index in [4.69, 9.17) is 0 Å². The lowest BCUT2D eigenvalue weighted by Crippen LogP contribution is -2.27. The fourth-order valence-corrected chi connectivity index (χ4v) is 3.40. The topological polar surface area (TPSA) is 24.9 Å². The summed E-state index contributed by atoms with van der Waals surface area (Å²) in [6, 6.07) is 11.1. The molecule has 0 amide bonds. The average Bonchev–Trinajstić information content (AvgIpc) is 2.49. The molecule has 1 saturated carbocycles. The summed E-state index contributed by atoms with van der Waals surface area (Å²) in [5.41, 5.74) is 2.43. The Labute approximate surface area is 115 Å². The van der Waals surface area contributed by atoms with E-state index in [1.807, 2.05) is 6.07 Å². The Hall–Kier alpha value is -1.41. The third kappa shape index (κ3) is 2.64. The Bertz CT molecular complexity index is 544. The molecule has 3 rings (SSSR count). The third-order valence-electron chi connectivity index (χ3n) is 4.40. The zero-order chi connectivity index (χ0) is 13.1. The van der Waals surface area contributed by atoms with Gasteiger partial charge in [-0.2, -0.15) is 0 Å². The highest BCUT2D eigenvalue weighted by atomic mass is 14.9. The lowest BCUT2D eigenvalue weighted by atomic mass is 9.81. The van der Waals surface area contributed by atoms with E-state index in [9.17, 15) is 0 Å². The number of pyridine rings is 1. The summed E-state index contributed by atoms with van der Waals surface area (Å²) >= 11 is 0. The Kier molecular flexibility index (Phi) is 3.79. The maximum absolute atomic E-state index is 4.60. The number of fused-ring (bicyclic) bond motifs is 1.